The standard InChI is InChI=1S/C61H118O6/c1-6-8-9-10-11-12-13-14-15-16-17-18-19-22-26-33-38-43-48-53-61(64)67-58(55-66-60(63)52-47-42-37-32-28-27-30-35-40-45-50-57(5)7-2)54-65-59(62)51-46-41-36-31-25-23-20-21-24-29-34-39-44-49-56(3)4/h56-58H,6-55H2,1-5H3/t57?,58-/m0/s1. The van der Waals surface area contributed by atoms with Crippen LogP contribution in [0.25, 0.3) is 0 Å². The first-order valence-electron chi connectivity index (χ1n) is 30.3. The molecule has 0 bridgehead atoms. The Morgan fingerprint density at radius 1 is 0.313 bits per heavy atom. The average molecular weight is 948 g/mol. The van der Waals surface area contributed by atoms with Gasteiger partial charge in [-0.2, -0.15) is 0 Å². The van der Waals surface area contributed by atoms with E-state index in [9.17, 15) is 14.4 Å². The molecule has 0 heterocycles. The van der Waals surface area contributed by atoms with Gasteiger partial charge < -0.3 is 14.2 Å². The van der Waals surface area contributed by atoms with E-state index in [4.69, 9.17) is 14.2 Å². The first kappa shape index (κ1) is 65.4. The highest BCUT2D eigenvalue weighted by Crippen LogP contribution is 2.19. The van der Waals surface area contributed by atoms with E-state index >= 15 is 0 Å². The molecule has 0 aromatic heterocycles. The molecule has 0 saturated heterocycles. The number of hydrogen-bond acceptors (Lipinski definition) is 6. The molecule has 0 saturated carbocycles. The zero-order chi connectivity index (χ0) is 48.9. The van der Waals surface area contributed by atoms with Crippen LogP contribution in [-0.4, -0.2) is 37.2 Å². The van der Waals surface area contributed by atoms with Crippen LogP contribution in [0.1, 0.15) is 343 Å². The monoisotopic (exact) mass is 947 g/mol. The number of carbonyl (C=O) groups excluding carboxylic acids is 3. The Morgan fingerprint density at radius 2 is 0.567 bits per heavy atom. The molecule has 0 radical (unpaired) electrons. The van der Waals surface area contributed by atoms with Gasteiger partial charge in [-0.15, -0.1) is 0 Å². The predicted octanol–water partition coefficient (Wildman–Crippen LogP) is 20.0. The fourth-order valence-corrected chi connectivity index (χ4v) is 9.37. The molecular formula is C61H118O6. The van der Waals surface area contributed by atoms with Gasteiger partial charge in [0.25, 0.3) is 0 Å². The maximum Gasteiger partial charge on any atom is 0.306 e. The van der Waals surface area contributed by atoms with Crippen molar-refractivity contribution in [2.45, 2.75) is 349 Å². The van der Waals surface area contributed by atoms with Gasteiger partial charge in [-0.1, -0.05) is 304 Å². The molecule has 1 unspecified atom stereocenters. The van der Waals surface area contributed by atoms with E-state index in [2.05, 4.69) is 34.6 Å². The molecule has 0 fully saturated rings. The zero-order valence-electron chi connectivity index (χ0n) is 46.0. The number of ether oxygens (including phenoxy) is 3. The summed E-state index contributed by atoms with van der Waals surface area (Å²) in [5.41, 5.74) is 0. The summed E-state index contributed by atoms with van der Waals surface area (Å²) in [5, 5.41) is 0. The Balaban J connectivity index is 4.29. The maximum atomic E-state index is 12.9. The van der Waals surface area contributed by atoms with Crippen molar-refractivity contribution in [3.63, 3.8) is 0 Å². The van der Waals surface area contributed by atoms with Gasteiger partial charge in [0, 0.05) is 19.3 Å². The second-order valence-corrected chi connectivity index (χ2v) is 21.7. The summed E-state index contributed by atoms with van der Waals surface area (Å²) in [6.07, 6.45) is 58.0. The normalized spacial score (nSPS) is 12.4. The SMILES string of the molecule is CCCCCCCCCCCCCCCCCCCCCC(=O)O[C@@H](COC(=O)CCCCCCCCCCCCCCCC(C)C)COC(=O)CCCCCCCCCCCCC(C)CC. The van der Waals surface area contributed by atoms with Crippen LogP contribution < -0.4 is 0 Å². The molecule has 0 aliphatic rings. The highest BCUT2D eigenvalue weighted by molar-refractivity contribution is 5.71. The van der Waals surface area contributed by atoms with E-state index in [1.807, 2.05) is 0 Å². The summed E-state index contributed by atoms with van der Waals surface area (Å²) in [6, 6.07) is 0. The molecule has 6 nitrogen and oxygen atoms in total. The fraction of sp³-hybridized carbons (Fsp3) is 0.951. The summed E-state index contributed by atoms with van der Waals surface area (Å²) in [7, 11) is 0. The second-order valence-electron chi connectivity index (χ2n) is 21.7. The number of hydrogen-bond donors (Lipinski definition) is 0. The molecule has 67 heavy (non-hydrogen) atoms. The summed E-state index contributed by atoms with van der Waals surface area (Å²) in [6.45, 7) is 11.4. The van der Waals surface area contributed by atoms with Crippen molar-refractivity contribution in [2.75, 3.05) is 13.2 Å². The molecule has 0 aromatic carbocycles. The van der Waals surface area contributed by atoms with E-state index in [-0.39, 0.29) is 31.1 Å². The minimum atomic E-state index is -0.763. The Labute approximate surface area is 418 Å². The quantitative estimate of drug-likeness (QED) is 0.0343. The van der Waals surface area contributed by atoms with Gasteiger partial charge in [0.15, 0.2) is 6.10 Å². The summed E-state index contributed by atoms with van der Waals surface area (Å²) in [5.74, 6) is 0.872. The van der Waals surface area contributed by atoms with Crippen LogP contribution in [0, 0.1) is 11.8 Å². The van der Waals surface area contributed by atoms with E-state index in [1.54, 1.807) is 0 Å². The van der Waals surface area contributed by atoms with Gasteiger partial charge in [0.2, 0.25) is 0 Å². The molecular weight excluding hydrogens is 829 g/mol. The average Bonchev–Trinajstić information content (AvgIpc) is 3.31. The van der Waals surface area contributed by atoms with Crippen LogP contribution in [0.15, 0.2) is 0 Å². The van der Waals surface area contributed by atoms with Crippen molar-refractivity contribution in [1.82, 2.24) is 0 Å². The van der Waals surface area contributed by atoms with Gasteiger partial charge in [0.1, 0.15) is 13.2 Å². The largest absolute Gasteiger partial charge is 0.462 e. The van der Waals surface area contributed by atoms with Crippen molar-refractivity contribution in [1.29, 1.82) is 0 Å². The van der Waals surface area contributed by atoms with E-state index in [0.717, 1.165) is 69.6 Å². The minimum Gasteiger partial charge on any atom is -0.462 e. The third kappa shape index (κ3) is 53.6. The number of unbranched alkanes of at least 4 members (excludes halogenated alkanes) is 39. The van der Waals surface area contributed by atoms with Crippen molar-refractivity contribution in [3.8, 4) is 0 Å². The predicted molar refractivity (Wildman–Crippen MR) is 289 cm³/mol. The summed E-state index contributed by atoms with van der Waals surface area (Å²) < 4.78 is 16.9. The highest BCUT2D eigenvalue weighted by Gasteiger charge is 2.19. The van der Waals surface area contributed by atoms with E-state index in [0.29, 0.717) is 19.3 Å². The topological polar surface area (TPSA) is 78.9 Å². The van der Waals surface area contributed by atoms with Gasteiger partial charge in [-0.3, -0.25) is 14.4 Å². The molecule has 0 aliphatic carbocycles. The van der Waals surface area contributed by atoms with Crippen molar-refractivity contribution in [2.24, 2.45) is 11.8 Å². The second kappa shape index (κ2) is 53.8. The lowest BCUT2D eigenvalue weighted by molar-refractivity contribution is -0.167. The van der Waals surface area contributed by atoms with Gasteiger partial charge >= 0.3 is 17.9 Å². The molecule has 2 atom stereocenters. The van der Waals surface area contributed by atoms with Crippen LogP contribution in [0.2, 0.25) is 0 Å². The first-order chi connectivity index (χ1) is 32.8. The zero-order valence-corrected chi connectivity index (χ0v) is 46.0. The first-order valence-corrected chi connectivity index (χ1v) is 30.3. The smallest absolute Gasteiger partial charge is 0.306 e. The lowest BCUT2D eigenvalue weighted by Crippen LogP contribution is -2.30. The Bertz CT molecular complexity index is 1030. The van der Waals surface area contributed by atoms with Crippen molar-refractivity contribution >= 4 is 17.9 Å². The summed E-state index contributed by atoms with van der Waals surface area (Å²) in [4.78, 5) is 38.2. The summed E-state index contributed by atoms with van der Waals surface area (Å²) >= 11 is 0. The minimum absolute atomic E-state index is 0.0626. The molecule has 0 N–H and O–H groups in total. The number of esters is 3. The maximum absolute atomic E-state index is 12.9. The fourth-order valence-electron chi connectivity index (χ4n) is 9.37. The Kier molecular flexibility index (Phi) is 52.5. The van der Waals surface area contributed by atoms with E-state index in [1.165, 1.54) is 231 Å². The number of rotatable bonds is 55. The molecule has 0 amide bonds. The third-order valence-corrected chi connectivity index (χ3v) is 14.3. The molecule has 398 valence electrons. The third-order valence-electron chi connectivity index (χ3n) is 14.3. The van der Waals surface area contributed by atoms with E-state index < -0.39 is 6.10 Å². The van der Waals surface area contributed by atoms with Crippen molar-refractivity contribution in [3.05, 3.63) is 0 Å². The highest BCUT2D eigenvalue weighted by atomic mass is 16.6. The molecule has 0 rings (SSSR count). The lowest BCUT2D eigenvalue weighted by Gasteiger charge is -2.18. The van der Waals surface area contributed by atoms with Gasteiger partial charge in [-0.25, -0.2) is 0 Å². The Hall–Kier alpha value is -1.59. The van der Waals surface area contributed by atoms with Crippen LogP contribution in [0.3, 0.4) is 0 Å². The van der Waals surface area contributed by atoms with Gasteiger partial charge in [-0.05, 0) is 31.1 Å². The van der Waals surface area contributed by atoms with Crippen LogP contribution in [0.4, 0.5) is 0 Å². The molecule has 6 heteroatoms. The molecule has 0 spiro atoms. The van der Waals surface area contributed by atoms with Gasteiger partial charge in [0.05, 0.1) is 0 Å². The molecule has 0 aliphatic heterocycles. The number of carbonyl (C=O) groups is 3. The van der Waals surface area contributed by atoms with Crippen LogP contribution in [-0.2, 0) is 28.6 Å². The molecule has 0 aromatic rings. The lowest BCUT2D eigenvalue weighted by atomic mass is 9.99. The van der Waals surface area contributed by atoms with Crippen molar-refractivity contribution < 1.29 is 28.6 Å². The Morgan fingerprint density at radius 3 is 0.851 bits per heavy atom. The van der Waals surface area contributed by atoms with Crippen LogP contribution >= 0.6 is 0 Å². The van der Waals surface area contributed by atoms with Crippen LogP contribution in [0.5, 0.6) is 0 Å².